The molecule has 194 valence electrons. The molecule has 1 atom stereocenters. The van der Waals surface area contributed by atoms with Crippen molar-refractivity contribution in [1.29, 1.82) is 0 Å². The maximum absolute atomic E-state index is 13.7. The molecular weight excluding hydrogens is 454 g/mol. The molecule has 0 aromatic heterocycles. The lowest BCUT2D eigenvalue weighted by Crippen LogP contribution is -2.57. The molecule has 4 rings (SSSR count). The Labute approximate surface area is 214 Å². The van der Waals surface area contributed by atoms with Gasteiger partial charge in [0.25, 0.3) is 0 Å². The van der Waals surface area contributed by atoms with Crippen LogP contribution in [0.2, 0.25) is 0 Å². The highest BCUT2D eigenvalue weighted by molar-refractivity contribution is 5.77. The monoisotopic (exact) mass is 493 g/mol. The molecule has 2 heterocycles. The van der Waals surface area contributed by atoms with Gasteiger partial charge in [0.05, 0.1) is 19.7 Å². The lowest BCUT2D eigenvalue weighted by atomic mass is 9.86. The number of piperazine rings is 1. The molecule has 2 fully saturated rings. The number of urea groups is 2. The first-order valence-corrected chi connectivity index (χ1v) is 12.7. The average Bonchev–Trinajstić information content (AvgIpc) is 3.22. The van der Waals surface area contributed by atoms with Crippen LogP contribution in [-0.4, -0.2) is 85.3 Å². The van der Waals surface area contributed by atoms with Crippen molar-refractivity contribution in [2.75, 3.05) is 53.4 Å². The molecular formula is C28H39N5O3. The standard InChI is InChI=1S/C28H39N5O3/c1-28(2,3)23-10-8-22(9-11-23)25-20-33(31-18-16-30(17-19-31)26(34)29-4)27(35)32(25)15-14-21-6-12-24(36-5)13-7-21/h6-13,25H,14-20H2,1-5H3,(H,29,34). The molecule has 8 heteroatoms. The fourth-order valence-electron chi connectivity index (χ4n) is 4.94. The molecule has 1 N–H and O–H groups in total. The number of nitrogens with zero attached hydrogens (tertiary/aromatic N) is 4. The molecule has 2 aliphatic rings. The number of rotatable bonds is 6. The van der Waals surface area contributed by atoms with Crippen molar-refractivity contribution in [3.63, 3.8) is 0 Å². The van der Waals surface area contributed by atoms with Crippen molar-refractivity contribution in [2.24, 2.45) is 0 Å². The molecule has 0 radical (unpaired) electrons. The molecule has 2 saturated heterocycles. The van der Waals surface area contributed by atoms with Crippen molar-refractivity contribution in [3.8, 4) is 5.75 Å². The van der Waals surface area contributed by atoms with Crippen LogP contribution < -0.4 is 10.1 Å². The summed E-state index contributed by atoms with van der Waals surface area (Å²) in [5.74, 6) is 0.829. The van der Waals surface area contributed by atoms with Crippen LogP contribution in [0.25, 0.3) is 0 Å². The smallest absolute Gasteiger partial charge is 0.335 e. The summed E-state index contributed by atoms with van der Waals surface area (Å²) in [6.07, 6.45) is 0.768. The maximum Gasteiger partial charge on any atom is 0.335 e. The van der Waals surface area contributed by atoms with Gasteiger partial charge in [-0.1, -0.05) is 57.2 Å². The predicted octanol–water partition coefficient (Wildman–Crippen LogP) is 3.89. The molecule has 8 nitrogen and oxygen atoms in total. The van der Waals surface area contributed by atoms with Crippen molar-refractivity contribution in [2.45, 2.75) is 38.6 Å². The Morgan fingerprint density at radius 2 is 1.64 bits per heavy atom. The summed E-state index contributed by atoms with van der Waals surface area (Å²) in [7, 11) is 3.31. The Kier molecular flexibility index (Phi) is 7.73. The second kappa shape index (κ2) is 10.8. The summed E-state index contributed by atoms with van der Waals surface area (Å²) in [6.45, 7) is 10.3. The molecule has 1 unspecified atom stereocenters. The summed E-state index contributed by atoms with van der Waals surface area (Å²) in [4.78, 5) is 29.5. The number of hydrogen-bond donors (Lipinski definition) is 1. The van der Waals surface area contributed by atoms with E-state index in [1.54, 1.807) is 19.1 Å². The molecule has 0 aliphatic carbocycles. The number of amides is 4. The first-order chi connectivity index (χ1) is 17.2. The lowest BCUT2D eigenvalue weighted by Gasteiger charge is -2.38. The summed E-state index contributed by atoms with van der Waals surface area (Å²) in [6, 6.07) is 16.7. The molecule has 0 bridgehead atoms. The van der Waals surface area contributed by atoms with E-state index in [0.717, 1.165) is 17.7 Å². The molecule has 0 spiro atoms. The maximum atomic E-state index is 13.7. The zero-order chi connectivity index (χ0) is 25.9. The van der Waals surface area contributed by atoms with Crippen LogP contribution >= 0.6 is 0 Å². The van der Waals surface area contributed by atoms with Gasteiger partial charge in [-0.05, 0) is 40.7 Å². The van der Waals surface area contributed by atoms with Crippen LogP contribution in [0.4, 0.5) is 9.59 Å². The quantitative estimate of drug-likeness (QED) is 0.663. The van der Waals surface area contributed by atoms with Gasteiger partial charge in [0.1, 0.15) is 5.75 Å². The number of methoxy groups -OCH3 is 1. The van der Waals surface area contributed by atoms with Crippen molar-refractivity contribution in [1.82, 2.24) is 25.1 Å². The molecule has 0 saturated carbocycles. The van der Waals surface area contributed by atoms with E-state index in [1.165, 1.54) is 11.1 Å². The normalized spacial score (nSPS) is 19.1. The highest BCUT2D eigenvalue weighted by Crippen LogP contribution is 2.33. The highest BCUT2D eigenvalue weighted by atomic mass is 16.5. The average molecular weight is 494 g/mol. The van der Waals surface area contributed by atoms with E-state index in [-0.39, 0.29) is 23.5 Å². The minimum absolute atomic E-state index is 0.0262. The van der Waals surface area contributed by atoms with Gasteiger partial charge in [0.2, 0.25) is 0 Å². The Hall–Kier alpha value is -3.26. The van der Waals surface area contributed by atoms with Gasteiger partial charge in [-0.3, -0.25) is 5.01 Å². The highest BCUT2D eigenvalue weighted by Gasteiger charge is 2.41. The van der Waals surface area contributed by atoms with Gasteiger partial charge in [-0.2, -0.15) is 0 Å². The number of benzene rings is 2. The van der Waals surface area contributed by atoms with Gasteiger partial charge in [-0.15, -0.1) is 0 Å². The van der Waals surface area contributed by atoms with E-state index < -0.39 is 0 Å². The third-order valence-corrected chi connectivity index (χ3v) is 7.25. The van der Waals surface area contributed by atoms with Gasteiger partial charge in [0.15, 0.2) is 0 Å². The molecule has 36 heavy (non-hydrogen) atoms. The van der Waals surface area contributed by atoms with Crippen molar-refractivity contribution < 1.29 is 14.3 Å². The van der Waals surface area contributed by atoms with E-state index >= 15 is 0 Å². The fourth-order valence-corrected chi connectivity index (χ4v) is 4.94. The number of ether oxygens (including phenoxy) is 1. The largest absolute Gasteiger partial charge is 0.497 e. The summed E-state index contributed by atoms with van der Waals surface area (Å²) < 4.78 is 5.28. The third-order valence-electron chi connectivity index (χ3n) is 7.25. The number of carbonyl (C=O) groups is 2. The van der Waals surface area contributed by atoms with E-state index in [0.29, 0.717) is 39.3 Å². The van der Waals surface area contributed by atoms with Crippen LogP contribution in [0, 0.1) is 0 Å². The first-order valence-electron chi connectivity index (χ1n) is 12.7. The zero-order valence-corrected chi connectivity index (χ0v) is 22.2. The Morgan fingerprint density at radius 1 is 1.00 bits per heavy atom. The first kappa shape index (κ1) is 25.8. The SMILES string of the molecule is CNC(=O)N1CCN(N2CC(c3ccc(C(C)(C)C)cc3)N(CCc3ccc(OC)cc3)C2=O)CC1. The zero-order valence-electron chi connectivity index (χ0n) is 22.2. The van der Waals surface area contributed by atoms with Gasteiger partial charge < -0.3 is 19.9 Å². The van der Waals surface area contributed by atoms with E-state index in [1.807, 2.05) is 22.0 Å². The topological polar surface area (TPSA) is 68.4 Å². The van der Waals surface area contributed by atoms with Crippen LogP contribution in [0.3, 0.4) is 0 Å². The number of hydrazine groups is 1. The van der Waals surface area contributed by atoms with E-state index in [2.05, 4.69) is 67.5 Å². The van der Waals surface area contributed by atoms with Gasteiger partial charge in [0, 0.05) is 39.8 Å². The molecule has 2 aliphatic heterocycles. The molecule has 2 aromatic carbocycles. The van der Waals surface area contributed by atoms with Gasteiger partial charge in [-0.25, -0.2) is 14.6 Å². The Morgan fingerprint density at radius 3 is 2.19 bits per heavy atom. The van der Waals surface area contributed by atoms with Crippen LogP contribution in [0.15, 0.2) is 48.5 Å². The van der Waals surface area contributed by atoms with E-state index in [4.69, 9.17) is 4.74 Å². The lowest BCUT2D eigenvalue weighted by molar-refractivity contribution is -0.00475. The second-order valence-corrected chi connectivity index (χ2v) is 10.5. The third kappa shape index (κ3) is 5.59. The minimum Gasteiger partial charge on any atom is -0.497 e. The predicted molar refractivity (Wildman–Crippen MR) is 141 cm³/mol. The summed E-state index contributed by atoms with van der Waals surface area (Å²) >= 11 is 0. The fraction of sp³-hybridized carbons (Fsp3) is 0.500. The number of carbonyl (C=O) groups excluding carboxylic acids is 2. The van der Waals surface area contributed by atoms with Gasteiger partial charge >= 0.3 is 12.1 Å². The number of hydrogen-bond acceptors (Lipinski definition) is 4. The Bertz CT molecular complexity index is 1040. The van der Waals surface area contributed by atoms with Crippen LogP contribution in [-0.2, 0) is 11.8 Å². The Balaban J connectivity index is 1.52. The van der Waals surface area contributed by atoms with E-state index in [9.17, 15) is 9.59 Å². The molecule has 2 aromatic rings. The van der Waals surface area contributed by atoms with Crippen molar-refractivity contribution in [3.05, 3.63) is 65.2 Å². The second-order valence-electron chi connectivity index (χ2n) is 10.5. The minimum atomic E-state index is -0.0691. The van der Waals surface area contributed by atoms with Crippen molar-refractivity contribution >= 4 is 12.1 Å². The number of nitrogens with one attached hydrogen (secondary N) is 1. The summed E-state index contributed by atoms with van der Waals surface area (Å²) in [5, 5.41) is 6.68. The van der Waals surface area contributed by atoms with Crippen LogP contribution in [0.5, 0.6) is 5.75 Å². The molecule has 4 amide bonds. The van der Waals surface area contributed by atoms with Crippen LogP contribution in [0.1, 0.15) is 43.5 Å². The summed E-state index contributed by atoms with van der Waals surface area (Å²) in [5.41, 5.74) is 3.68.